The minimum Gasteiger partial charge on any atom is -0.361 e. The summed E-state index contributed by atoms with van der Waals surface area (Å²) in [6, 6.07) is 5.93. The number of halogens is 1. The quantitative estimate of drug-likeness (QED) is 0.834. The van der Waals surface area contributed by atoms with Crippen molar-refractivity contribution in [2.75, 3.05) is 23.3 Å². The van der Waals surface area contributed by atoms with Crippen LogP contribution in [0, 0.1) is 0 Å². The Morgan fingerprint density at radius 1 is 1.57 bits per heavy atom. The molecule has 2 rings (SSSR count). The lowest BCUT2D eigenvalue weighted by Crippen LogP contribution is -2.37. The third-order valence-corrected chi connectivity index (χ3v) is 2.78. The second-order valence-corrected chi connectivity index (χ2v) is 4.14. The van der Waals surface area contributed by atoms with Gasteiger partial charge in [0.25, 0.3) is 0 Å². The van der Waals surface area contributed by atoms with Crippen LogP contribution in [0.3, 0.4) is 0 Å². The van der Waals surface area contributed by atoms with Gasteiger partial charge in [0.2, 0.25) is 5.91 Å². The van der Waals surface area contributed by atoms with E-state index in [1.165, 1.54) is 0 Å². The first kappa shape index (κ1) is 9.52. The molecule has 1 aromatic carbocycles. The highest BCUT2D eigenvalue weighted by Gasteiger charge is 2.20. The normalized spacial score (nSPS) is 15.0. The second kappa shape index (κ2) is 3.61. The topological polar surface area (TPSA) is 32.3 Å². The summed E-state index contributed by atoms with van der Waals surface area (Å²) in [6.07, 6.45) is 0. The van der Waals surface area contributed by atoms with E-state index in [1.54, 1.807) is 0 Å². The molecule has 0 fully saturated rings. The molecular formula is C10H11BrN2O. The summed E-state index contributed by atoms with van der Waals surface area (Å²) < 4.78 is 0.981. The third kappa shape index (κ3) is 1.62. The van der Waals surface area contributed by atoms with E-state index in [1.807, 2.05) is 25.1 Å². The van der Waals surface area contributed by atoms with E-state index in [2.05, 4.69) is 26.1 Å². The van der Waals surface area contributed by atoms with Gasteiger partial charge in [0.1, 0.15) is 0 Å². The Morgan fingerprint density at radius 3 is 3.07 bits per heavy atom. The Balaban J connectivity index is 2.45. The molecule has 0 aromatic heterocycles. The monoisotopic (exact) mass is 254 g/mol. The number of amides is 1. The number of likely N-dealkylation sites (N-methyl/N-ethyl adjacent to an activating group) is 1. The van der Waals surface area contributed by atoms with Crippen molar-refractivity contribution >= 4 is 33.2 Å². The van der Waals surface area contributed by atoms with Gasteiger partial charge >= 0.3 is 0 Å². The van der Waals surface area contributed by atoms with Crippen LogP contribution in [-0.4, -0.2) is 19.0 Å². The molecule has 1 aliphatic rings. The first-order valence-electron chi connectivity index (χ1n) is 4.55. The van der Waals surface area contributed by atoms with Gasteiger partial charge in [0, 0.05) is 11.0 Å². The fourth-order valence-electron chi connectivity index (χ4n) is 1.61. The fraction of sp³-hybridized carbons (Fsp3) is 0.300. The van der Waals surface area contributed by atoms with Crippen LogP contribution < -0.4 is 10.2 Å². The average molecular weight is 255 g/mol. The standard InChI is InChI=1S/C10H11BrN2O/c1-2-13-6-10(14)12-8-5-7(11)3-4-9(8)13/h3-5H,2,6H2,1H3,(H,12,14). The molecule has 0 bridgehead atoms. The van der Waals surface area contributed by atoms with Gasteiger partial charge in [0.05, 0.1) is 17.9 Å². The molecule has 3 nitrogen and oxygen atoms in total. The van der Waals surface area contributed by atoms with Crippen molar-refractivity contribution < 1.29 is 4.79 Å². The zero-order valence-corrected chi connectivity index (χ0v) is 9.47. The molecule has 1 amide bonds. The smallest absolute Gasteiger partial charge is 0.243 e. The molecule has 0 atom stereocenters. The summed E-state index contributed by atoms with van der Waals surface area (Å²) in [6.45, 7) is 3.34. The van der Waals surface area contributed by atoms with Crippen LogP contribution in [-0.2, 0) is 4.79 Å². The lowest BCUT2D eigenvalue weighted by Gasteiger charge is -2.29. The van der Waals surface area contributed by atoms with Crippen LogP contribution in [0.1, 0.15) is 6.92 Å². The average Bonchev–Trinajstić information content (AvgIpc) is 2.15. The first-order chi connectivity index (χ1) is 6.70. The Hall–Kier alpha value is -1.03. The van der Waals surface area contributed by atoms with Gasteiger partial charge in [-0.25, -0.2) is 0 Å². The first-order valence-corrected chi connectivity index (χ1v) is 5.34. The number of carbonyl (C=O) groups excluding carboxylic acids is 1. The molecule has 1 heterocycles. The summed E-state index contributed by atoms with van der Waals surface area (Å²) in [5.41, 5.74) is 1.98. The van der Waals surface area contributed by atoms with Crippen molar-refractivity contribution in [3.05, 3.63) is 22.7 Å². The number of benzene rings is 1. The number of carbonyl (C=O) groups is 1. The highest BCUT2D eigenvalue weighted by atomic mass is 79.9. The van der Waals surface area contributed by atoms with E-state index in [0.29, 0.717) is 6.54 Å². The van der Waals surface area contributed by atoms with Gasteiger partial charge in [-0.05, 0) is 25.1 Å². The highest BCUT2D eigenvalue weighted by molar-refractivity contribution is 9.10. The summed E-state index contributed by atoms with van der Waals surface area (Å²) in [4.78, 5) is 13.4. The molecular weight excluding hydrogens is 244 g/mol. The van der Waals surface area contributed by atoms with Crippen molar-refractivity contribution in [1.29, 1.82) is 0 Å². The van der Waals surface area contributed by atoms with Crippen LogP contribution >= 0.6 is 15.9 Å². The molecule has 14 heavy (non-hydrogen) atoms. The van der Waals surface area contributed by atoms with Crippen molar-refractivity contribution in [3.8, 4) is 0 Å². The largest absolute Gasteiger partial charge is 0.361 e. The highest BCUT2D eigenvalue weighted by Crippen LogP contribution is 2.31. The zero-order valence-electron chi connectivity index (χ0n) is 7.88. The number of hydrogen-bond donors (Lipinski definition) is 1. The van der Waals surface area contributed by atoms with E-state index in [-0.39, 0.29) is 5.91 Å². The van der Waals surface area contributed by atoms with E-state index >= 15 is 0 Å². The van der Waals surface area contributed by atoms with Crippen molar-refractivity contribution in [2.45, 2.75) is 6.92 Å². The lowest BCUT2D eigenvalue weighted by atomic mass is 10.2. The minimum absolute atomic E-state index is 0.0532. The van der Waals surface area contributed by atoms with Crippen LogP contribution in [0.2, 0.25) is 0 Å². The van der Waals surface area contributed by atoms with Gasteiger partial charge < -0.3 is 10.2 Å². The number of hydrogen-bond acceptors (Lipinski definition) is 2. The SMILES string of the molecule is CCN1CC(=O)Nc2cc(Br)ccc21. The van der Waals surface area contributed by atoms with E-state index in [4.69, 9.17) is 0 Å². The molecule has 0 saturated carbocycles. The summed E-state index contributed by atoms with van der Waals surface area (Å²) >= 11 is 3.38. The van der Waals surface area contributed by atoms with E-state index in [0.717, 1.165) is 22.4 Å². The van der Waals surface area contributed by atoms with Crippen LogP contribution in [0.4, 0.5) is 11.4 Å². The second-order valence-electron chi connectivity index (χ2n) is 3.22. The number of nitrogens with zero attached hydrogens (tertiary/aromatic N) is 1. The van der Waals surface area contributed by atoms with Crippen LogP contribution in [0.5, 0.6) is 0 Å². The molecule has 74 valence electrons. The summed E-state index contributed by atoms with van der Waals surface area (Å²) in [5, 5.41) is 2.85. The predicted octanol–water partition coefficient (Wildman–Crippen LogP) is 2.23. The van der Waals surface area contributed by atoms with Crippen LogP contribution in [0.25, 0.3) is 0 Å². The molecule has 4 heteroatoms. The zero-order chi connectivity index (χ0) is 10.1. The molecule has 0 spiro atoms. The summed E-state index contributed by atoms with van der Waals surface area (Å²) in [5.74, 6) is 0.0532. The maximum Gasteiger partial charge on any atom is 0.243 e. The predicted molar refractivity (Wildman–Crippen MR) is 60.7 cm³/mol. The van der Waals surface area contributed by atoms with Crippen molar-refractivity contribution in [1.82, 2.24) is 0 Å². The number of nitrogens with one attached hydrogen (secondary N) is 1. The summed E-state index contributed by atoms with van der Waals surface area (Å²) in [7, 11) is 0. The molecule has 0 radical (unpaired) electrons. The van der Waals surface area contributed by atoms with Gasteiger partial charge in [-0.2, -0.15) is 0 Å². The number of rotatable bonds is 1. The van der Waals surface area contributed by atoms with E-state index in [9.17, 15) is 4.79 Å². The Morgan fingerprint density at radius 2 is 2.36 bits per heavy atom. The molecule has 1 aliphatic heterocycles. The van der Waals surface area contributed by atoms with E-state index < -0.39 is 0 Å². The number of anilines is 2. The van der Waals surface area contributed by atoms with Gasteiger partial charge in [-0.1, -0.05) is 15.9 Å². The van der Waals surface area contributed by atoms with Crippen molar-refractivity contribution in [3.63, 3.8) is 0 Å². The van der Waals surface area contributed by atoms with Gasteiger partial charge in [-0.15, -0.1) is 0 Å². The molecule has 1 N–H and O–H groups in total. The maximum absolute atomic E-state index is 11.3. The van der Waals surface area contributed by atoms with Gasteiger partial charge in [0.15, 0.2) is 0 Å². The Kier molecular flexibility index (Phi) is 2.46. The molecule has 0 saturated heterocycles. The minimum atomic E-state index is 0.0532. The van der Waals surface area contributed by atoms with Gasteiger partial charge in [-0.3, -0.25) is 4.79 Å². The molecule has 0 aliphatic carbocycles. The maximum atomic E-state index is 11.3. The van der Waals surface area contributed by atoms with Crippen LogP contribution in [0.15, 0.2) is 22.7 Å². The van der Waals surface area contributed by atoms with Crippen molar-refractivity contribution in [2.24, 2.45) is 0 Å². The Labute approximate surface area is 91.2 Å². The fourth-order valence-corrected chi connectivity index (χ4v) is 1.98. The molecule has 1 aromatic rings. The molecule has 0 unspecified atom stereocenters. The lowest BCUT2D eigenvalue weighted by molar-refractivity contribution is -0.115. The number of fused-ring (bicyclic) bond motifs is 1. The third-order valence-electron chi connectivity index (χ3n) is 2.29. The Bertz CT molecular complexity index is 378.